The van der Waals surface area contributed by atoms with E-state index >= 15 is 0 Å². The van der Waals surface area contributed by atoms with E-state index in [4.69, 9.17) is 0 Å². The van der Waals surface area contributed by atoms with Crippen LogP contribution in [0.5, 0.6) is 0 Å². The summed E-state index contributed by atoms with van der Waals surface area (Å²) in [5, 5.41) is 0.0213. The van der Waals surface area contributed by atoms with Crippen molar-refractivity contribution in [3.05, 3.63) is 30.1 Å². The second-order valence-corrected chi connectivity index (χ2v) is 6.41. The number of nitrogens with zero attached hydrogens (tertiary/aromatic N) is 3. The van der Waals surface area contributed by atoms with Gasteiger partial charge in [-0.2, -0.15) is 0 Å². The maximum absolute atomic E-state index is 12.0. The average molecular weight is 305 g/mol. The molecule has 2 saturated heterocycles. The molecule has 3 heterocycles. The van der Waals surface area contributed by atoms with E-state index < -0.39 is 0 Å². The first-order valence-electron chi connectivity index (χ1n) is 7.35. The lowest BCUT2D eigenvalue weighted by atomic mass is 10.3. The van der Waals surface area contributed by atoms with E-state index in [-0.39, 0.29) is 17.2 Å². The Morgan fingerprint density at radius 1 is 1.24 bits per heavy atom. The van der Waals surface area contributed by atoms with E-state index in [1.54, 1.807) is 18.0 Å². The first-order valence-corrected chi connectivity index (χ1v) is 8.40. The van der Waals surface area contributed by atoms with Crippen molar-refractivity contribution in [2.24, 2.45) is 0 Å². The zero-order valence-electron chi connectivity index (χ0n) is 11.9. The fourth-order valence-electron chi connectivity index (χ4n) is 2.84. The summed E-state index contributed by atoms with van der Waals surface area (Å²) in [7, 11) is 0. The predicted molar refractivity (Wildman–Crippen MR) is 81.6 cm³/mol. The minimum Gasteiger partial charge on any atom is -0.343 e. The van der Waals surface area contributed by atoms with Gasteiger partial charge in [0.05, 0.1) is 11.4 Å². The zero-order valence-corrected chi connectivity index (χ0v) is 12.7. The highest BCUT2D eigenvalue weighted by Gasteiger charge is 2.33. The number of carbonyl (C=O) groups is 2. The molecular weight excluding hydrogens is 286 g/mol. The van der Waals surface area contributed by atoms with E-state index in [1.165, 1.54) is 0 Å². The molecule has 3 rings (SSSR count). The molecule has 2 aliphatic rings. The van der Waals surface area contributed by atoms with Crippen LogP contribution in [0.1, 0.15) is 30.3 Å². The topological polar surface area (TPSA) is 53.5 Å². The molecule has 0 N–H and O–H groups in total. The van der Waals surface area contributed by atoms with Gasteiger partial charge in [0.15, 0.2) is 0 Å². The van der Waals surface area contributed by atoms with Gasteiger partial charge in [-0.3, -0.25) is 14.6 Å². The number of pyridine rings is 1. The average Bonchev–Trinajstić information content (AvgIpc) is 3.07. The molecule has 5 nitrogen and oxygen atoms in total. The van der Waals surface area contributed by atoms with Crippen molar-refractivity contribution in [1.82, 2.24) is 14.8 Å². The van der Waals surface area contributed by atoms with Crippen LogP contribution in [0.4, 0.5) is 0 Å². The number of aromatic nitrogens is 1. The van der Waals surface area contributed by atoms with Crippen LogP contribution >= 0.6 is 11.8 Å². The standard InChI is InChI=1S/C15H19N3O2S/c19-13-6-3-8-17(13)9-4-10-18-14(20)11-21-15(18)12-5-1-2-7-16-12/h1-2,5,7,15H,3-4,6,8-11H2. The van der Waals surface area contributed by atoms with Crippen LogP contribution in [0.3, 0.4) is 0 Å². The van der Waals surface area contributed by atoms with Crippen LogP contribution < -0.4 is 0 Å². The molecule has 2 amide bonds. The molecule has 2 fully saturated rings. The molecule has 0 spiro atoms. The molecule has 112 valence electrons. The van der Waals surface area contributed by atoms with Gasteiger partial charge < -0.3 is 9.80 Å². The van der Waals surface area contributed by atoms with E-state index in [9.17, 15) is 9.59 Å². The summed E-state index contributed by atoms with van der Waals surface area (Å²) in [6.07, 6.45) is 4.24. The SMILES string of the molecule is O=C1CCCN1CCCN1C(=O)CSC1c1ccccn1. The molecule has 1 unspecified atom stereocenters. The van der Waals surface area contributed by atoms with Crippen LogP contribution in [-0.2, 0) is 9.59 Å². The van der Waals surface area contributed by atoms with Crippen LogP contribution in [0.25, 0.3) is 0 Å². The number of likely N-dealkylation sites (tertiary alicyclic amines) is 1. The Bertz CT molecular complexity index is 523. The van der Waals surface area contributed by atoms with Gasteiger partial charge in [-0.05, 0) is 25.0 Å². The Morgan fingerprint density at radius 2 is 2.14 bits per heavy atom. The fourth-order valence-corrected chi connectivity index (χ4v) is 4.01. The maximum Gasteiger partial charge on any atom is 0.233 e. The number of hydrogen-bond donors (Lipinski definition) is 0. The maximum atomic E-state index is 12.0. The fraction of sp³-hybridized carbons (Fsp3) is 0.533. The van der Waals surface area contributed by atoms with E-state index in [1.807, 2.05) is 28.0 Å². The highest BCUT2D eigenvalue weighted by Crippen LogP contribution is 2.37. The Morgan fingerprint density at radius 3 is 2.86 bits per heavy atom. The molecule has 1 aromatic heterocycles. The van der Waals surface area contributed by atoms with Crippen molar-refractivity contribution >= 4 is 23.6 Å². The van der Waals surface area contributed by atoms with Gasteiger partial charge in [0.2, 0.25) is 11.8 Å². The summed E-state index contributed by atoms with van der Waals surface area (Å²) in [6.45, 7) is 2.31. The molecule has 1 aromatic rings. The molecular formula is C15H19N3O2S. The zero-order chi connectivity index (χ0) is 14.7. The number of carbonyl (C=O) groups excluding carboxylic acids is 2. The largest absolute Gasteiger partial charge is 0.343 e. The number of rotatable bonds is 5. The van der Waals surface area contributed by atoms with Crippen molar-refractivity contribution in [2.75, 3.05) is 25.4 Å². The van der Waals surface area contributed by atoms with Gasteiger partial charge in [0.1, 0.15) is 5.37 Å². The van der Waals surface area contributed by atoms with Crippen LogP contribution in [0.2, 0.25) is 0 Å². The number of amides is 2. The third kappa shape index (κ3) is 3.20. The Labute approximate surface area is 128 Å². The molecule has 6 heteroatoms. The molecule has 1 atom stereocenters. The number of hydrogen-bond acceptors (Lipinski definition) is 4. The molecule has 0 saturated carbocycles. The minimum absolute atomic E-state index is 0.0213. The second-order valence-electron chi connectivity index (χ2n) is 5.34. The highest BCUT2D eigenvalue weighted by atomic mass is 32.2. The summed E-state index contributed by atoms with van der Waals surface area (Å²) in [5.41, 5.74) is 0.936. The van der Waals surface area contributed by atoms with Crippen LogP contribution in [-0.4, -0.2) is 52.0 Å². The molecule has 2 aliphatic heterocycles. The van der Waals surface area contributed by atoms with Crippen molar-refractivity contribution in [3.8, 4) is 0 Å². The summed E-state index contributed by atoms with van der Waals surface area (Å²) < 4.78 is 0. The lowest BCUT2D eigenvalue weighted by Crippen LogP contribution is -2.33. The lowest BCUT2D eigenvalue weighted by molar-refractivity contribution is -0.128. The molecule has 0 radical (unpaired) electrons. The van der Waals surface area contributed by atoms with Crippen molar-refractivity contribution in [1.29, 1.82) is 0 Å². The van der Waals surface area contributed by atoms with Gasteiger partial charge in [-0.1, -0.05) is 6.07 Å². The normalized spacial score (nSPS) is 22.4. The van der Waals surface area contributed by atoms with Crippen molar-refractivity contribution < 1.29 is 9.59 Å². The molecule has 0 aliphatic carbocycles. The van der Waals surface area contributed by atoms with E-state index in [2.05, 4.69) is 4.98 Å². The smallest absolute Gasteiger partial charge is 0.233 e. The first kappa shape index (κ1) is 14.4. The predicted octanol–water partition coefficient (Wildman–Crippen LogP) is 1.67. The van der Waals surface area contributed by atoms with Gasteiger partial charge in [0.25, 0.3) is 0 Å². The Hall–Kier alpha value is -1.56. The highest BCUT2D eigenvalue weighted by molar-refractivity contribution is 8.00. The monoisotopic (exact) mass is 305 g/mol. The summed E-state index contributed by atoms with van der Waals surface area (Å²) in [5.74, 6) is 0.936. The Kier molecular flexibility index (Phi) is 4.43. The van der Waals surface area contributed by atoms with E-state index in [0.717, 1.165) is 31.6 Å². The van der Waals surface area contributed by atoms with Crippen LogP contribution in [0.15, 0.2) is 24.4 Å². The second kappa shape index (κ2) is 6.47. The minimum atomic E-state index is 0.0213. The van der Waals surface area contributed by atoms with Gasteiger partial charge >= 0.3 is 0 Å². The third-order valence-corrected chi connectivity index (χ3v) is 5.13. The first-order chi connectivity index (χ1) is 10.3. The van der Waals surface area contributed by atoms with Crippen molar-refractivity contribution in [3.63, 3.8) is 0 Å². The number of thioether (sulfide) groups is 1. The molecule has 21 heavy (non-hydrogen) atoms. The molecule has 0 aromatic carbocycles. The summed E-state index contributed by atoms with van der Waals surface area (Å²) in [4.78, 5) is 31.8. The van der Waals surface area contributed by atoms with Gasteiger partial charge in [-0.25, -0.2) is 0 Å². The quantitative estimate of drug-likeness (QED) is 0.830. The van der Waals surface area contributed by atoms with Crippen LogP contribution in [0, 0.1) is 0 Å². The summed E-state index contributed by atoms with van der Waals surface area (Å²) >= 11 is 1.63. The van der Waals surface area contributed by atoms with Gasteiger partial charge in [0, 0.05) is 32.3 Å². The molecule has 0 bridgehead atoms. The van der Waals surface area contributed by atoms with Crippen molar-refractivity contribution in [2.45, 2.75) is 24.6 Å². The lowest BCUT2D eigenvalue weighted by Gasteiger charge is -2.24. The third-order valence-electron chi connectivity index (χ3n) is 3.91. The Balaban J connectivity index is 1.57. The summed E-state index contributed by atoms with van der Waals surface area (Å²) in [6, 6.07) is 5.80. The van der Waals surface area contributed by atoms with Gasteiger partial charge in [-0.15, -0.1) is 11.8 Å². The van der Waals surface area contributed by atoms with E-state index in [0.29, 0.717) is 18.7 Å².